The molecule has 30 heavy (non-hydrogen) atoms. The summed E-state index contributed by atoms with van der Waals surface area (Å²) in [6.45, 7) is 9.66. The van der Waals surface area contributed by atoms with Crippen molar-refractivity contribution in [2.45, 2.75) is 52.7 Å². The average Bonchev–Trinajstić information content (AvgIpc) is 3.16. The highest BCUT2D eigenvalue weighted by atomic mass is 16.5. The van der Waals surface area contributed by atoms with Crippen molar-refractivity contribution in [2.75, 3.05) is 23.3 Å². The van der Waals surface area contributed by atoms with Gasteiger partial charge >= 0.3 is 0 Å². The number of anilines is 2. The van der Waals surface area contributed by atoms with Crippen LogP contribution in [0.1, 0.15) is 37.2 Å². The molecule has 2 atom stereocenters. The Labute approximate surface area is 175 Å². The predicted octanol–water partition coefficient (Wildman–Crippen LogP) is 2.32. The van der Waals surface area contributed by atoms with Crippen LogP contribution in [-0.4, -0.2) is 55.8 Å². The minimum atomic E-state index is -0.0596. The molecule has 1 aliphatic rings. The molecule has 3 aromatic rings. The Balaban J connectivity index is 1.36. The Kier molecular flexibility index (Phi) is 5.63. The van der Waals surface area contributed by atoms with E-state index in [9.17, 15) is 4.79 Å². The molecule has 1 aliphatic heterocycles. The molecular weight excluding hydrogens is 382 g/mol. The van der Waals surface area contributed by atoms with Gasteiger partial charge in [0.2, 0.25) is 5.91 Å². The van der Waals surface area contributed by atoms with Gasteiger partial charge in [-0.25, -0.2) is 14.5 Å². The van der Waals surface area contributed by atoms with Crippen LogP contribution in [0.5, 0.6) is 0 Å². The van der Waals surface area contributed by atoms with E-state index < -0.39 is 0 Å². The van der Waals surface area contributed by atoms with Crippen molar-refractivity contribution in [2.24, 2.45) is 0 Å². The third-order valence-electron chi connectivity index (χ3n) is 5.37. The zero-order valence-electron chi connectivity index (χ0n) is 17.8. The molecule has 1 amide bonds. The van der Waals surface area contributed by atoms with Crippen LogP contribution in [0.15, 0.2) is 24.7 Å². The predicted molar refractivity (Wildman–Crippen MR) is 114 cm³/mol. The van der Waals surface area contributed by atoms with Gasteiger partial charge in [0.05, 0.1) is 24.1 Å². The van der Waals surface area contributed by atoms with E-state index in [2.05, 4.69) is 44.1 Å². The van der Waals surface area contributed by atoms with Gasteiger partial charge in [0.25, 0.3) is 5.78 Å². The van der Waals surface area contributed by atoms with Crippen molar-refractivity contribution < 1.29 is 9.53 Å². The number of hydrogen-bond acceptors (Lipinski definition) is 7. The van der Waals surface area contributed by atoms with Gasteiger partial charge < -0.3 is 15.0 Å². The Hall–Kier alpha value is -3.07. The van der Waals surface area contributed by atoms with Gasteiger partial charge in [-0.15, -0.1) is 0 Å². The van der Waals surface area contributed by atoms with Crippen molar-refractivity contribution in [3.63, 3.8) is 0 Å². The molecule has 0 radical (unpaired) electrons. The van der Waals surface area contributed by atoms with Gasteiger partial charge in [-0.1, -0.05) is 0 Å². The fourth-order valence-corrected chi connectivity index (χ4v) is 3.99. The number of rotatable bonds is 5. The number of ether oxygens (including phenoxy) is 1. The lowest BCUT2D eigenvalue weighted by Crippen LogP contribution is -2.45. The third kappa shape index (κ3) is 4.25. The molecule has 9 nitrogen and oxygen atoms in total. The summed E-state index contributed by atoms with van der Waals surface area (Å²) in [5.74, 6) is 1.41. The molecule has 0 aromatic carbocycles. The van der Waals surface area contributed by atoms with Crippen molar-refractivity contribution in [3.05, 3.63) is 41.6 Å². The van der Waals surface area contributed by atoms with Gasteiger partial charge in [-0.05, 0) is 51.8 Å². The lowest BCUT2D eigenvalue weighted by atomic mass is 10.1. The maximum atomic E-state index is 12.5. The van der Waals surface area contributed by atoms with Crippen molar-refractivity contribution in [1.82, 2.24) is 24.6 Å². The summed E-state index contributed by atoms with van der Waals surface area (Å²) >= 11 is 0. The standard InChI is InChI=1S/C21H27N7O2/c1-13-10-27(11-14(2)30-13)19-7-5-17(9-22-19)26-20(29)8-6-18-15(3)25-21-23-12-24-28(21)16(18)4/h5,7,9,12-14H,6,8,10-11H2,1-4H3,(H,26,29)/t13-,14-/m1/s1. The second-order valence-corrected chi connectivity index (χ2v) is 7.85. The molecule has 0 bridgehead atoms. The number of hydrogen-bond donors (Lipinski definition) is 1. The number of pyridine rings is 1. The zero-order chi connectivity index (χ0) is 21.3. The summed E-state index contributed by atoms with van der Waals surface area (Å²) in [7, 11) is 0. The average molecular weight is 409 g/mol. The number of amides is 1. The number of morpholine rings is 1. The van der Waals surface area contributed by atoms with Crippen LogP contribution in [0.4, 0.5) is 11.5 Å². The minimum absolute atomic E-state index is 0.0596. The van der Waals surface area contributed by atoms with Crippen LogP contribution < -0.4 is 10.2 Å². The van der Waals surface area contributed by atoms with Gasteiger partial charge in [-0.2, -0.15) is 10.1 Å². The van der Waals surface area contributed by atoms with E-state index in [1.165, 1.54) is 6.33 Å². The topological polar surface area (TPSA) is 97.5 Å². The van der Waals surface area contributed by atoms with E-state index in [1.807, 2.05) is 26.0 Å². The van der Waals surface area contributed by atoms with E-state index in [4.69, 9.17) is 4.74 Å². The van der Waals surface area contributed by atoms with Crippen LogP contribution in [0.3, 0.4) is 0 Å². The summed E-state index contributed by atoms with van der Waals surface area (Å²) in [5.41, 5.74) is 3.55. The highest BCUT2D eigenvalue weighted by Gasteiger charge is 2.23. The van der Waals surface area contributed by atoms with Crippen molar-refractivity contribution in [3.8, 4) is 0 Å². The first-order valence-corrected chi connectivity index (χ1v) is 10.2. The second kappa shape index (κ2) is 8.35. The number of nitrogens with one attached hydrogen (secondary N) is 1. The first-order valence-electron chi connectivity index (χ1n) is 10.2. The molecule has 158 valence electrons. The van der Waals surface area contributed by atoms with Crippen LogP contribution in [0.2, 0.25) is 0 Å². The number of fused-ring (bicyclic) bond motifs is 1. The van der Waals surface area contributed by atoms with E-state index in [0.29, 0.717) is 24.3 Å². The van der Waals surface area contributed by atoms with E-state index >= 15 is 0 Å². The van der Waals surface area contributed by atoms with Crippen LogP contribution in [0, 0.1) is 13.8 Å². The van der Waals surface area contributed by atoms with E-state index in [1.54, 1.807) is 10.7 Å². The molecule has 1 N–H and O–H groups in total. The maximum absolute atomic E-state index is 12.5. The molecule has 3 aromatic heterocycles. The molecule has 0 saturated carbocycles. The third-order valence-corrected chi connectivity index (χ3v) is 5.37. The van der Waals surface area contributed by atoms with Gasteiger partial charge in [0, 0.05) is 30.9 Å². The minimum Gasteiger partial charge on any atom is -0.372 e. The Morgan fingerprint density at radius 3 is 2.67 bits per heavy atom. The summed E-state index contributed by atoms with van der Waals surface area (Å²) in [5, 5.41) is 7.12. The SMILES string of the molecule is Cc1nc2ncnn2c(C)c1CCC(=O)Nc1ccc(N2C[C@@H](C)O[C@H](C)C2)nc1. The highest BCUT2D eigenvalue weighted by Crippen LogP contribution is 2.20. The summed E-state index contributed by atoms with van der Waals surface area (Å²) in [4.78, 5) is 27.8. The fraction of sp³-hybridized carbons (Fsp3) is 0.476. The smallest absolute Gasteiger partial charge is 0.252 e. The van der Waals surface area contributed by atoms with Gasteiger partial charge in [0.1, 0.15) is 12.1 Å². The van der Waals surface area contributed by atoms with Crippen molar-refractivity contribution in [1.29, 1.82) is 0 Å². The lowest BCUT2D eigenvalue weighted by molar-refractivity contribution is -0.116. The van der Waals surface area contributed by atoms with Gasteiger partial charge in [-0.3, -0.25) is 4.79 Å². The van der Waals surface area contributed by atoms with E-state index in [-0.39, 0.29) is 18.1 Å². The monoisotopic (exact) mass is 409 g/mol. The molecule has 4 heterocycles. The van der Waals surface area contributed by atoms with Crippen molar-refractivity contribution >= 4 is 23.2 Å². The first kappa shape index (κ1) is 20.2. The summed E-state index contributed by atoms with van der Waals surface area (Å²) in [6, 6.07) is 3.84. The lowest BCUT2D eigenvalue weighted by Gasteiger charge is -2.36. The molecule has 0 unspecified atom stereocenters. The summed E-state index contributed by atoms with van der Waals surface area (Å²) in [6.07, 6.45) is 4.48. The van der Waals surface area contributed by atoms with Crippen LogP contribution in [0.25, 0.3) is 5.78 Å². The number of carbonyl (C=O) groups excluding carboxylic acids is 1. The van der Waals surface area contributed by atoms with Gasteiger partial charge in [0.15, 0.2) is 0 Å². The maximum Gasteiger partial charge on any atom is 0.252 e. The second-order valence-electron chi connectivity index (χ2n) is 7.85. The molecule has 9 heteroatoms. The van der Waals surface area contributed by atoms with Crippen LogP contribution >= 0.6 is 0 Å². The number of aromatic nitrogens is 5. The molecule has 0 spiro atoms. The fourth-order valence-electron chi connectivity index (χ4n) is 3.99. The number of carbonyl (C=O) groups is 1. The molecule has 1 saturated heterocycles. The molecule has 4 rings (SSSR count). The highest BCUT2D eigenvalue weighted by molar-refractivity contribution is 5.90. The quantitative estimate of drug-likeness (QED) is 0.691. The summed E-state index contributed by atoms with van der Waals surface area (Å²) < 4.78 is 7.48. The Bertz CT molecular complexity index is 1040. The van der Waals surface area contributed by atoms with E-state index in [0.717, 1.165) is 35.9 Å². The number of aryl methyl sites for hydroxylation is 2. The normalized spacial score (nSPS) is 19.3. The first-order chi connectivity index (χ1) is 14.4. The molecule has 1 fully saturated rings. The largest absolute Gasteiger partial charge is 0.372 e. The zero-order valence-corrected chi connectivity index (χ0v) is 17.8. The van der Waals surface area contributed by atoms with Crippen LogP contribution in [-0.2, 0) is 16.0 Å². The Morgan fingerprint density at radius 1 is 1.20 bits per heavy atom. The molecular formula is C21H27N7O2. The number of nitrogens with zero attached hydrogens (tertiary/aromatic N) is 6. The molecule has 0 aliphatic carbocycles. The Morgan fingerprint density at radius 2 is 1.97 bits per heavy atom.